The Hall–Kier alpha value is -3.45. The molecule has 0 bridgehead atoms. The Morgan fingerprint density at radius 2 is 1.90 bits per heavy atom. The molecule has 0 spiro atoms. The SMILES string of the molecule is CCOC(=O)c1c(-c2ccc(F)cc2)csc1NC(=O)c1cc2ccccc2o1. The Kier molecular flexibility index (Phi) is 5.14. The first-order valence-electron chi connectivity index (χ1n) is 8.91. The standard InChI is InChI=1S/C22H16FNO4S/c1-2-27-22(26)19-16(13-7-9-15(23)10-8-13)12-29-21(19)24-20(25)18-11-14-5-3-4-6-17(14)28-18/h3-12H,2H2,1H3,(H,24,25). The lowest BCUT2D eigenvalue weighted by Gasteiger charge is -2.08. The van der Waals surface area contributed by atoms with Crippen LogP contribution in [0.5, 0.6) is 0 Å². The maximum absolute atomic E-state index is 13.3. The van der Waals surface area contributed by atoms with Gasteiger partial charge < -0.3 is 14.5 Å². The molecule has 2 aromatic heterocycles. The first-order valence-corrected chi connectivity index (χ1v) is 9.79. The van der Waals surface area contributed by atoms with Gasteiger partial charge in [-0.15, -0.1) is 11.3 Å². The molecule has 0 aliphatic carbocycles. The predicted octanol–water partition coefficient (Wildman–Crippen LogP) is 5.73. The van der Waals surface area contributed by atoms with Crippen molar-refractivity contribution in [2.75, 3.05) is 11.9 Å². The number of fused-ring (bicyclic) bond motifs is 1. The topological polar surface area (TPSA) is 68.5 Å². The van der Waals surface area contributed by atoms with E-state index in [1.807, 2.05) is 18.2 Å². The first-order chi connectivity index (χ1) is 14.1. The molecule has 0 saturated carbocycles. The zero-order valence-electron chi connectivity index (χ0n) is 15.4. The van der Waals surface area contributed by atoms with Crippen LogP contribution < -0.4 is 5.32 Å². The highest BCUT2D eigenvalue weighted by molar-refractivity contribution is 7.15. The van der Waals surface area contributed by atoms with Crippen molar-refractivity contribution in [2.45, 2.75) is 6.92 Å². The molecule has 2 aromatic carbocycles. The Bertz CT molecular complexity index is 1160. The van der Waals surface area contributed by atoms with Crippen molar-refractivity contribution in [3.8, 4) is 11.1 Å². The van der Waals surface area contributed by atoms with Gasteiger partial charge in [0.1, 0.15) is 22.0 Å². The Labute approximate surface area is 169 Å². The number of thiophene rings is 1. The van der Waals surface area contributed by atoms with Gasteiger partial charge in [-0.05, 0) is 36.8 Å². The molecule has 0 unspecified atom stereocenters. The maximum Gasteiger partial charge on any atom is 0.341 e. The van der Waals surface area contributed by atoms with Gasteiger partial charge in [-0.25, -0.2) is 9.18 Å². The van der Waals surface area contributed by atoms with Crippen LogP contribution in [0, 0.1) is 5.82 Å². The lowest BCUT2D eigenvalue weighted by Crippen LogP contribution is -2.14. The monoisotopic (exact) mass is 409 g/mol. The van der Waals surface area contributed by atoms with E-state index in [1.54, 1.807) is 36.6 Å². The van der Waals surface area contributed by atoms with E-state index in [4.69, 9.17) is 9.15 Å². The van der Waals surface area contributed by atoms with Gasteiger partial charge in [0.05, 0.1) is 6.61 Å². The van der Waals surface area contributed by atoms with Gasteiger partial charge >= 0.3 is 5.97 Å². The molecule has 0 fully saturated rings. The summed E-state index contributed by atoms with van der Waals surface area (Å²) in [6.07, 6.45) is 0. The number of benzene rings is 2. The molecule has 29 heavy (non-hydrogen) atoms. The molecule has 1 N–H and O–H groups in total. The number of rotatable bonds is 5. The van der Waals surface area contributed by atoms with E-state index in [2.05, 4.69) is 5.32 Å². The molecule has 4 aromatic rings. The minimum atomic E-state index is -0.562. The summed E-state index contributed by atoms with van der Waals surface area (Å²) < 4.78 is 24.0. The Balaban J connectivity index is 1.69. The van der Waals surface area contributed by atoms with Crippen molar-refractivity contribution < 1.29 is 23.1 Å². The molecule has 7 heteroatoms. The first kappa shape index (κ1) is 18.9. The van der Waals surface area contributed by atoms with Crippen LogP contribution in [-0.2, 0) is 4.74 Å². The molecule has 146 valence electrons. The van der Waals surface area contributed by atoms with Crippen molar-refractivity contribution in [2.24, 2.45) is 0 Å². The normalized spacial score (nSPS) is 10.8. The molecule has 2 heterocycles. The quantitative estimate of drug-likeness (QED) is 0.428. The molecule has 0 radical (unpaired) electrons. The number of hydrogen-bond acceptors (Lipinski definition) is 5. The van der Waals surface area contributed by atoms with Crippen molar-refractivity contribution in [3.63, 3.8) is 0 Å². The average molecular weight is 409 g/mol. The van der Waals surface area contributed by atoms with Crippen LogP contribution >= 0.6 is 11.3 Å². The van der Waals surface area contributed by atoms with E-state index in [0.29, 0.717) is 21.7 Å². The molecular formula is C22H16FNO4S. The van der Waals surface area contributed by atoms with Gasteiger partial charge in [0, 0.05) is 16.3 Å². The number of nitrogens with one attached hydrogen (secondary N) is 1. The third kappa shape index (κ3) is 3.77. The van der Waals surface area contributed by atoms with Gasteiger partial charge in [-0.1, -0.05) is 30.3 Å². The number of ether oxygens (including phenoxy) is 1. The zero-order valence-corrected chi connectivity index (χ0v) is 16.2. The number of halogens is 1. The third-order valence-electron chi connectivity index (χ3n) is 4.30. The number of amides is 1. The third-order valence-corrected chi connectivity index (χ3v) is 5.20. The molecule has 0 aliphatic heterocycles. The van der Waals surface area contributed by atoms with Gasteiger partial charge in [0.25, 0.3) is 5.91 Å². The highest BCUT2D eigenvalue weighted by atomic mass is 32.1. The molecule has 4 rings (SSSR count). The lowest BCUT2D eigenvalue weighted by molar-refractivity contribution is 0.0529. The van der Waals surface area contributed by atoms with Crippen molar-refractivity contribution in [1.29, 1.82) is 0 Å². The zero-order chi connectivity index (χ0) is 20.4. The second-order valence-electron chi connectivity index (χ2n) is 6.18. The predicted molar refractivity (Wildman–Crippen MR) is 110 cm³/mol. The van der Waals surface area contributed by atoms with Crippen LogP contribution in [0.4, 0.5) is 9.39 Å². The van der Waals surface area contributed by atoms with Crippen molar-refractivity contribution in [1.82, 2.24) is 0 Å². The number of hydrogen-bond donors (Lipinski definition) is 1. The second kappa shape index (κ2) is 7.89. The highest BCUT2D eigenvalue weighted by Crippen LogP contribution is 2.36. The smallest absolute Gasteiger partial charge is 0.341 e. The van der Waals surface area contributed by atoms with Gasteiger partial charge in [-0.3, -0.25) is 4.79 Å². The van der Waals surface area contributed by atoms with Crippen molar-refractivity contribution >= 4 is 39.2 Å². The van der Waals surface area contributed by atoms with Gasteiger partial charge in [0.2, 0.25) is 0 Å². The molecule has 1 amide bonds. The van der Waals surface area contributed by atoms with E-state index < -0.39 is 11.9 Å². The summed E-state index contributed by atoms with van der Waals surface area (Å²) in [6.45, 7) is 1.89. The van der Waals surface area contributed by atoms with Crippen LogP contribution in [0.1, 0.15) is 27.8 Å². The van der Waals surface area contributed by atoms with Crippen LogP contribution in [0.15, 0.2) is 64.4 Å². The van der Waals surface area contributed by atoms with Gasteiger partial charge in [-0.2, -0.15) is 0 Å². The summed E-state index contributed by atoms with van der Waals surface area (Å²) in [5, 5.41) is 5.62. The number of furan rings is 1. The summed E-state index contributed by atoms with van der Waals surface area (Å²) in [5.74, 6) is -1.27. The number of carbonyl (C=O) groups is 2. The number of carbonyl (C=O) groups excluding carboxylic acids is 2. The summed E-state index contributed by atoms with van der Waals surface area (Å²) in [7, 11) is 0. The lowest BCUT2D eigenvalue weighted by atomic mass is 10.0. The Morgan fingerprint density at radius 3 is 2.62 bits per heavy atom. The minimum absolute atomic E-state index is 0.137. The molecule has 5 nitrogen and oxygen atoms in total. The van der Waals surface area contributed by atoms with Crippen LogP contribution in [0.25, 0.3) is 22.1 Å². The van der Waals surface area contributed by atoms with Crippen LogP contribution in [0.3, 0.4) is 0 Å². The van der Waals surface area contributed by atoms with E-state index >= 15 is 0 Å². The average Bonchev–Trinajstić information content (AvgIpc) is 3.33. The Morgan fingerprint density at radius 1 is 1.14 bits per heavy atom. The van der Waals surface area contributed by atoms with E-state index in [9.17, 15) is 14.0 Å². The molecular weight excluding hydrogens is 393 g/mol. The summed E-state index contributed by atoms with van der Waals surface area (Å²) in [6, 6.07) is 14.7. The summed E-state index contributed by atoms with van der Waals surface area (Å²) in [5.41, 5.74) is 2.04. The summed E-state index contributed by atoms with van der Waals surface area (Å²) >= 11 is 1.19. The molecule has 0 atom stereocenters. The fourth-order valence-electron chi connectivity index (χ4n) is 2.96. The molecule has 0 saturated heterocycles. The van der Waals surface area contributed by atoms with Gasteiger partial charge in [0.15, 0.2) is 5.76 Å². The minimum Gasteiger partial charge on any atom is -0.462 e. The largest absolute Gasteiger partial charge is 0.462 e. The highest BCUT2D eigenvalue weighted by Gasteiger charge is 2.24. The van der Waals surface area contributed by atoms with Crippen LogP contribution in [0.2, 0.25) is 0 Å². The van der Waals surface area contributed by atoms with Crippen molar-refractivity contribution in [3.05, 3.63) is 77.1 Å². The van der Waals surface area contributed by atoms with Crippen LogP contribution in [-0.4, -0.2) is 18.5 Å². The fraction of sp³-hybridized carbons (Fsp3) is 0.0909. The van der Waals surface area contributed by atoms with E-state index in [-0.39, 0.29) is 23.7 Å². The maximum atomic E-state index is 13.3. The summed E-state index contributed by atoms with van der Waals surface area (Å²) in [4.78, 5) is 25.3. The number of esters is 1. The molecule has 0 aliphatic rings. The fourth-order valence-corrected chi connectivity index (χ4v) is 3.91. The van der Waals surface area contributed by atoms with E-state index in [1.165, 1.54) is 23.5 Å². The number of anilines is 1. The second-order valence-corrected chi connectivity index (χ2v) is 7.06. The number of para-hydroxylation sites is 1. The van der Waals surface area contributed by atoms with E-state index in [0.717, 1.165) is 5.39 Å².